The van der Waals surface area contributed by atoms with Gasteiger partial charge < -0.3 is 15.4 Å². The highest BCUT2D eigenvalue weighted by molar-refractivity contribution is 5.49. The van der Waals surface area contributed by atoms with Crippen LogP contribution in [0.2, 0.25) is 0 Å². The smallest absolute Gasteiger partial charge is 0.212 e. The molecule has 0 aromatic heterocycles. The van der Waals surface area contributed by atoms with E-state index >= 15 is 0 Å². The predicted molar refractivity (Wildman–Crippen MR) is 59.1 cm³/mol. The van der Waals surface area contributed by atoms with Crippen LogP contribution in [-0.2, 0) is 9.53 Å². The molecule has 1 aliphatic heterocycles. The van der Waals surface area contributed by atoms with Gasteiger partial charge in [0.1, 0.15) is 6.23 Å². The minimum Gasteiger partial charge on any atom is -0.358 e. The van der Waals surface area contributed by atoms with Gasteiger partial charge in [-0.1, -0.05) is 6.08 Å². The van der Waals surface area contributed by atoms with Crippen molar-refractivity contribution >= 4 is 6.41 Å². The van der Waals surface area contributed by atoms with Crippen molar-refractivity contribution in [3.05, 3.63) is 12.7 Å². The average molecular weight is 212 g/mol. The summed E-state index contributed by atoms with van der Waals surface area (Å²) in [5.74, 6) is 0. The van der Waals surface area contributed by atoms with E-state index in [-0.39, 0.29) is 18.3 Å². The van der Waals surface area contributed by atoms with Crippen molar-refractivity contribution < 1.29 is 9.53 Å². The number of rotatable bonds is 6. The van der Waals surface area contributed by atoms with Crippen molar-refractivity contribution in [1.29, 1.82) is 0 Å². The summed E-state index contributed by atoms with van der Waals surface area (Å²) in [7, 11) is 0. The van der Waals surface area contributed by atoms with E-state index in [2.05, 4.69) is 6.58 Å². The molecule has 0 saturated carbocycles. The lowest BCUT2D eigenvalue weighted by Gasteiger charge is -2.24. The first-order chi connectivity index (χ1) is 7.19. The minimum atomic E-state index is -0.0933. The summed E-state index contributed by atoms with van der Waals surface area (Å²) < 4.78 is 5.62. The lowest BCUT2D eigenvalue weighted by atomic mass is 10.2. The Bertz CT molecular complexity index is 219. The monoisotopic (exact) mass is 212 g/mol. The molecule has 0 aromatic rings. The van der Waals surface area contributed by atoms with Gasteiger partial charge in [0.05, 0.1) is 12.6 Å². The zero-order valence-corrected chi connectivity index (χ0v) is 9.26. The summed E-state index contributed by atoms with van der Waals surface area (Å²) in [6.07, 6.45) is 5.19. The average Bonchev–Trinajstić information content (AvgIpc) is 2.59. The molecule has 0 aromatic carbocycles. The summed E-state index contributed by atoms with van der Waals surface area (Å²) in [4.78, 5) is 12.5. The van der Waals surface area contributed by atoms with Crippen molar-refractivity contribution in [2.75, 3.05) is 6.61 Å². The summed E-state index contributed by atoms with van der Waals surface area (Å²) in [5, 5.41) is 0. The Morgan fingerprint density at radius 3 is 2.93 bits per heavy atom. The Hall–Kier alpha value is -0.870. The fourth-order valence-corrected chi connectivity index (χ4v) is 1.77. The molecule has 1 amide bonds. The number of nitrogens with two attached hydrogens (primary N) is 1. The number of carbonyl (C=O) groups is 1. The quantitative estimate of drug-likeness (QED) is 0.525. The van der Waals surface area contributed by atoms with Crippen molar-refractivity contribution in [3.8, 4) is 0 Å². The lowest BCUT2D eigenvalue weighted by molar-refractivity contribution is -0.130. The molecule has 0 aliphatic carbocycles. The summed E-state index contributed by atoms with van der Waals surface area (Å²) >= 11 is 0. The highest BCUT2D eigenvalue weighted by Crippen LogP contribution is 2.23. The molecule has 2 N–H and O–H groups in total. The SMILES string of the molecule is C=CC1CCC(OCCC(C)N)N1C=O. The summed E-state index contributed by atoms with van der Waals surface area (Å²) in [5.41, 5.74) is 5.62. The van der Waals surface area contributed by atoms with Gasteiger partial charge in [-0.05, 0) is 26.2 Å². The Kier molecular flexibility index (Phi) is 4.78. The molecule has 1 saturated heterocycles. The zero-order valence-electron chi connectivity index (χ0n) is 9.26. The Morgan fingerprint density at radius 2 is 2.40 bits per heavy atom. The normalized spacial score (nSPS) is 27.7. The van der Waals surface area contributed by atoms with Gasteiger partial charge in [-0.15, -0.1) is 6.58 Å². The fourth-order valence-electron chi connectivity index (χ4n) is 1.77. The third-order valence-corrected chi connectivity index (χ3v) is 2.70. The van der Waals surface area contributed by atoms with Gasteiger partial charge in [0, 0.05) is 6.04 Å². The highest BCUT2D eigenvalue weighted by Gasteiger charge is 2.30. The van der Waals surface area contributed by atoms with Crippen LogP contribution in [0.3, 0.4) is 0 Å². The molecule has 0 radical (unpaired) electrons. The van der Waals surface area contributed by atoms with Gasteiger partial charge >= 0.3 is 0 Å². The van der Waals surface area contributed by atoms with E-state index in [9.17, 15) is 4.79 Å². The minimum absolute atomic E-state index is 0.0933. The molecule has 15 heavy (non-hydrogen) atoms. The number of ether oxygens (including phenoxy) is 1. The second kappa shape index (κ2) is 5.88. The van der Waals surface area contributed by atoms with Gasteiger partial charge in [-0.3, -0.25) is 4.79 Å². The van der Waals surface area contributed by atoms with Crippen molar-refractivity contribution in [3.63, 3.8) is 0 Å². The largest absolute Gasteiger partial charge is 0.358 e. The fraction of sp³-hybridized carbons (Fsp3) is 0.727. The van der Waals surface area contributed by atoms with E-state index in [1.54, 1.807) is 11.0 Å². The van der Waals surface area contributed by atoms with Crippen LogP contribution in [0, 0.1) is 0 Å². The Morgan fingerprint density at radius 1 is 1.67 bits per heavy atom. The molecule has 3 atom stereocenters. The number of likely N-dealkylation sites (tertiary alicyclic amines) is 1. The topological polar surface area (TPSA) is 55.6 Å². The van der Waals surface area contributed by atoms with Crippen LogP contribution in [0.1, 0.15) is 26.2 Å². The predicted octanol–water partition coefficient (Wildman–Crippen LogP) is 0.873. The molecule has 1 aliphatic rings. The first kappa shape index (κ1) is 12.2. The third-order valence-electron chi connectivity index (χ3n) is 2.70. The van der Waals surface area contributed by atoms with Gasteiger partial charge in [0.2, 0.25) is 6.41 Å². The number of carbonyl (C=O) groups excluding carboxylic acids is 1. The molecule has 4 nitrogen and oxygen atoms in total. The number of amides is 1. The molecule has 1 heterocycles. The first-order valence-corrected chi connectivity index (χ1v) is 5.41. The van der Waals surface area contributed by atoms with Crippen LogP contribution in [-0.4, -0.2) is 36.2 Å². The number of hydrogen-bond acceptors (Lipinski definition) is 3. The second-order valence-electron chi connectivity index (χ2n) is 4.02. The molecule has 86 valence electrons. The van der Waals surface area contributed by atoms with Gasteiger partial charge in [-0.2, -0.15) is 0 Å². The molecule has 1 fully saturated rings. The van der Waals surface area contributed by atoms with E-state index in [0.29, 0.717) is 6.61 Å². The van der Waals surface area contributed by atoms with E-state index in [4.69, 9.17) is 10.5 Å². The highest BCUT2D eigenvalue weighted by atomic mass is 16.5. The molecule has 3 unspecified atom stereocenters. The second-order valence-corrected chi connectivity index (χ2v) is 4.02. The number of nitrogens with zero attached hydrogens (tertiary/aromatic N) is 1. The van der Waals surface area contributed by atoms with Crippen LogP contribution < -0.4 is 5.73 Å². The van der Waals surface area contributed by atoms with Gasteiger partial charge in [-0.25, -0.2) is 0 Å². The van der Waals surface area contributed by atoms with Gasteiger partial charge in [0.25, 0.3) is 0 Å². The lowest BCUT2D eigenvalue weighted by Crippen LogP contribution is -2.36. The van der Waals surface area contributed by atoms with E-state index in [0.717, 1.165) is 25.7 Å². The molecule has 4 heteroatoms. The van der Waals surface area contributed by atoms with E-state index in [1.807, 2.05) is 6.92 Å². The summed E-state index contributed by atoms with van der Waals surface area (Å²) in [6, 6.07) is 0.272. The number of hydrogen-bond donors (Lipinski definition) is 1. The van der Waals surface area contributed by atoms with Crippen molar-refractivity contribution in [1.82, 2.24) is 4.90 Å². The molecule has 0 bridgehead atoms. The third kappa shape index (κ3) is 3.32. The first-order valence-electron chi connectivity index (χ1n) is 5.41. The maximum Gasteiger partial charge on any atom is 0.212 e. The molecule has 0 spiro atoms. The Balaban J connectivity index is 2.35. The van der Waals surface area contributed by atoms with Crippen LogP contribution in [0.25, 0.3) is 0 Å². The summed E-state index contributed by atoms with van der Waals surface area (Å²) in [6.45, 7) is 6.26. The standard InChI is InChI=1S/C11H20N2O2/c1-3-10-4-5-11(13(10)8-14)15-7-6-9(2)12/h3,8-11H,1,4-7,12H2,2H3. The van der Waals surface area contributed by atoms with Crippen LogP contribution in [0.5, 0.6) is 0 Å². The maximum atomic E-state index is 10.9. The Labute approximate surface area is 91.1 Å². The molecular weight excluding hydrogens is 192 g/mol. The van der Waals surface area contributed by atoms with Crippen LogP contribution in [0.15, 0.2) is 12.7 Å². The van der Waals surface area contributed by atoms with Gasteiger partial charge in [0.15, 0.2) is 0 Å². The van der Waals surface area contributed by atoms with Crippen LogP contribution >= 0.6 is 0 Å². The van der Waals surface area contributed by atoms with Crippen molar-refractivity contribution in [2.24, 2.45) is 5.73 Å². The zero-order chi connectivity index (χ0) is 11.3. The van der Waals surface area contributed by atoms with Crippen LogP contribution in [0.4, 0.5) is 0 Å². The molecular formula is C11H20N2O2. The molecule has 1 rings (SSSR count). The van der Waals surface area contributed by atoms with E-state index < -0.39 is 0 Å². The van der Waals surface area contributed by atoms with Crippen molar-refractivity contribution in [2.45, 2.75) is 44.5 Å². The van der Waals surface area contributed by atoms with E-state index in [1.165, 1.54) is 0 Å². The maximum absolute atomic E-state index is 10.9.